The average Bonchev–Trinajstić information content (AvgIpc) is 3.03. The number of phenolic OH excluding ortho intramolecular Hbond substituents is 1. The van der Waals surface area contributed by atoms with Crippen LogP contribution in [0.5, 0.6) is 5.75 Å². The Balaban J connectivity index is 1.78. The van der Waals surface area contributed by atoms with E-state index in [1.165, 1.54) is 23.5 Å². The molecule has 22 heavy (non-hydrogen) atoms. The van der Waals surface area contributed by atoms with Crippen LogP contribution in [0.2, 0.25) is 0 Å². The number of para-hydroxylation sites is 1. The number of carbonyl (C=O) groups is 1. The molecule has 4 heteroatoms. The lowest BCUT2D eigenvalue weighted by Crippen LogP contribution is -1.94. The predicted molar refractivity (Wildman–Crippen MR) is 89.0 cm³/mol. The predicted octanol–water partition coefficient (Wildman–Crippen LogP) is 4.41. The molecule has 0 atom stereocenters. The molecule has 3 rings (SSSR count). The van der Waals surface area contributed by atoms with Gasteiger partial charge < -0.3 is 5.11 Å². The van der Waals surface area contributed by atoms with Crippen molar-refractivity contribution in [2.45, 2.75) is 0 Å². The molecule has 0 aliphatic rings. The molecule has 0 radical (unpaired) electrons. The number of rotatable bonds is 4. The quantitative estimate of drug-likeness (QED) is 0.573. The molecule has 0 spiro atoms. The van der Waals surface area contributed by atoms with Crippen LogP contribution < -0.4 is 0 Å². The Hall–Kier alpha value is -2.72. The first-order chi connectivity index (χ1) is 10.7. The topological polar surface area (TPSA) is 50.2 Å². The van der Waals surface area contributed by atoms with Gasteiger partial charge in [0.15, 0.2) is 5.78 Å². The van der Waals surface area contributed by atoms with Gasteiger partial charge in [-0.25, -0.2) is 4.98 Å². The van der Waals surface area contributed by atoms with Crippen molar-refractivity contribution in [2.24, 2.45) is 0 Å². The van der Waals surface area contributed by atoms with E-state index in [4.69, 9.17) is 0 Å². The molecule has 3 nitrogen and oxygen atoms in total. The molecule has 0 fully saturated rings. The van der Waals surface area contributed by atoms with Crippen LogP contribution in [0, 0.1) is 0 Å². The number of carbonyl (C=O) groups excluding carboxylic acids is 1. The highest BCUT2D eigenvalue weighted by atomic mass is 32.1. The number of hydrogen-bond donors (Lipinski definition) is 1. The first-order valence-electron chi connectivity index (χ1n) is 6.75. The average molecular weight is 307 g/mol. The second-order valence-electron chi connectivity index (χ2n) is 4.66. The molecule has 0 aliphatic heterocycles. The lowest BCUT2D eigenvalue weighted by atomic mass is 10.1. The third-order valence-corrected chi connectivity index (χ3v) is 4.03. The minimum atomic E-state index is -0.243. The van der Waals surface area contributed by atoms with Crippen LogP contribution in [0.25, 0.3) is 16.6 Å². The van der Waals surface area contributed by atoms with Gasteiger partial charge in [0.05, 0.1) is 11.3 Å². The number of aromatic hydroxyl groups is 1. The van der Waals surface area contributed by atoms with Gasteiger partial charge in [0, 0.05) is 10.9 Å². The highest BCUT2D eigenvalue weighted by molar-refractivity contribution is 7.13. The first kappa shape index (κ1) is 14.2. The molecule has 1 N–H and O–H groups in total. The number of benzene rings is 2. The molecule has 0 bridgehead atoms. The number of ketones is 1. The van der Waals surface area contributed by atoms with E-state index < -0.39 is 0 Å². The zero-order chi connectivity index (χ0) is 15.4. The first-order valence-corrected chi connectivity index (χ1v) is 7.63. The fourth-order valence-electron chi connectivity index (χ4n) is 2.01. The van der Waals surface area contributed by atoms with Crippen molar-refractivity contribution in [3.05, 3.63) is 77.3 Å². The summed E-state index contributed by atoms with van der Waals surface area (Å²) in [5, 5.41) is 12.5. The van der Waals surface area contributed by atoms with Crippen LogP contribution in [0.4, 0.5) is 0 Å². The highest BCUT2D eigenvalue weighted by Gasteiger charge is 2.07. The van der Waals surface area contributed by atoms with Gasteiger partial charge in [-0.15, -0.1) is 11.3 Å². The van der Waals surface area contributed by atoms with Gasteiger partial charge in [0.25, 0.3) is 0 Å². The Kier molecular flexibility index (Phi) is 4.12. The SMILES string of the molecule is O=C(/C=C/c1csc(-c2ccccc2)n1)c1ccccc1O. The van der Waals surface area contributed by atoms with Crippen molar-refractivity contribution in [3.8, 4) is 16.3 Å². The molecule has 2 aromatic carbocycles. The molecule has 3 aromatic rings. The van der Waals surface area contributed by atoms with Crippen molar-refractivity contribution in [2.75, 3.05) is 0 Å². The number of phenols is 1. The third-order valence-electron chi connectivity index (χ3n) is 3.12. The second kappa shape index (κ2) is 6.37. The Morgan fingerprint density at radius 2 is 1.77 bits per heavy atom. The van der Waals surface area contributed by atoms with E-state index in [0.717, 1.165) is 16.3 Å². The standard InChI is InChI=1S/C18H13NO2S/c20-16-9-5-4-8-15(16)17(21)11-10-14-12-22-18(19-14)13-6-2-1-3-7-13/h1-12,20H/b11-10+. The Labute approximate surface area is 132 Å². The zero-order valence-corrected chi connectivity index (χ0v) is 12.5. The van der Waals surface area contributed by atoms with Gasteiger partial charge in [-0.05, 0) is 24.3 Å². The van der Waals surface area contributed by atoms with Crippen LogP contribution >= 0.6 is 11.3 Å². The van der Waals surface area contributed by atoms with E-state index in [2.05, 4.69) is 4.98 Å². The smallest absolute Gasteiger partial charge is 0.189 e. The van der Waals surface area contributed by atoms with Gasteiger partial charge in [-0.3, -0.25) is 4.79 Å². The summed E-state index contributed by atoms with van der Waals surface area (Å²) < 4.78 is 0. The molecule has 0 saturated carbocycles. The largest absolute Gasteiger partial charge is 0.507 e. The minimum absolute atomic E-state index is 0.0135. The van der Waals surface area contributed by atoms with Crippen molar-refractivity contribution < 1.29 is 9.90 Å². The summed E-state index contributed by atoms with van der Waals surface area (Å²) in [7, 11) is 0. The van der Waals surface area contributed by atoms with E-state index in [9.17, 15) is 9.90 Å². The second-order valence-corrected chi connectivity index (χ2v) is 5.52. The Morgan fingerprint density at radius 1 is 1.05 bits per heavy atom. The molecular weight excluding hydrogens is 294 g/mol. The van der Waals surface area contributed by atoms with Crippen molar-refractivity contribution >= 4 is 23.2 Å². The van der Waals surface area contributed by atoms with Gasteiger partial charge in [-0.2, -0.15) is 0 Å². The zero-order valence-electron chi connectivity index (χ0n) is 11.6. The number of allylic oxidation sites excluding steroid dienone is 1. The highest BCUT2D eigenvalue weighted by Crippen LogP contribution is 2.24. The molecular formula is C18H13NO2S. The van der Waals surface area contributed by atoms with E-state index in [0.29, 0.717) is 0 Å². The summed E-state index contributed by atoms with van der Waals surface area (Å²) in [6.07, 6.45) is 3.09. The van der Waals surface area contributed by atoms with E-state index >= 15 is 0 Å². The molecule has 0 aliphatic carbocycles. The number of nitrogens with zero attached hydrogens (tertiary/aromatic N) is 1. The summed E-state index contributed by atoms with van der Waals surface area (Å²) in [5.41, 5.74) is 2.07. The van der Waals surface area contributed by atoms with E-state index in [1.807, 2.05) is 35.7 Å². The molecule has 1 aromatic heterocycles. The van der Waals surface area contributed by atoms with Gasteiger partial charge >= 0.3 is 0 Å². The maximum Gasteiger partial charge on any atom is 0.189 e. The summed E-state index contributed by atoms with van der Waals surface area (Å²) in [6.45, 7) is 0. The fourth-order valence-corrected chi connectivity index (χ4v) is 2.80. The van der Waals surface area contributed by atoms with Crippen molar-refractivity contribution in [1.82, 2.24) is 4.98 Å². The van der Waals surface area contributed by atoms with Crippen LogP contribution in [0.15, 0.2) is 66.1 Å². The number of hydrogen-bond acceptors (Lipinski definition) is 4. The lowest BCUT2D eigenvalue weighted by molar-refractivity contribution is 0.104. The van der Waals surface area contributed by atoms with E-state index in [-0.39, 0.29) is 17.1 Å². The molecule has 1 heterocycles. The van der Waals surface area contributed by atoms with Crippen LogP contribution in [0.3, 0.4) is 0 Å². The van der Waals surface area contributed by atoms with Gasteiger partial charge in [-0.1, -0.05) is 42.5 Å². The normalized spacial score (nSPS) is 10.9. The lowest BCUT2D eigenvalue weighted by Gasteiger charge is -1.98. The van der Waals surface area contributed by atoms with Crippen LogP contribution in [-0.2, 0) is 0 Å². The summed E-state index contributed by atoms with van der Waals surface area (Å²) >= 11 is 1.53. The maximum atomic E-state index is 12.0. The fraction of sp³-hybridized carbons (Fsp3) is 0. The monoisotopic (exact) mass is 307 g/mol. The van der Waals surface area contributed by atoms with Crippen LogP contribution in [0.1, 0.15) is 16.1 Å². The van der Waals surface area contributed by atoms with Crippen molar-refractivity contribution in [3.63, 3.8) is 0 Å². The Morgan fingerprint density at radius 3 is 2.55 bits per heavy atom. The van der Waals surface area contributed by atoms with Crippen LogP contribution in [-0.4, -0.2) is 15.9 Å². The molecule has 108 valence electrons. The van der Waals surface area contributed by atoms with Gasteiger partial charge in [0.1, 0.15) is 10.8 Å². The molecule has 0 saturated heterocycles. The summed E-state index contributed by atoms with van der Waals surface area (Å²) in [5.74, 6) is -0.257. The molecule has 0 amide bonds. The van der Waals surface area contributed by atoms with Gasteiger partial charge in [0.2, 0.25) is 0 Å². The van der Waals surface area contributed by atoms with Crippen molar-refractivity contribution in [1.29, 1.82) is 0 Å². The summed E-state index contributed by atoms with van der Waals surface area (Å²) in [4.78, 5) is 16.5. The molecule has 0 unspecified atom stereocenters. The minimum Gasteiger partial charge on any atom is -0.507 e. The third kappa shape index (κ3) is 3.13. The number of aromatic nitrogens is 1. The van der Waals surface area contributed by atoms with E-state index in [1.54, 1.807) is 24.3 Å². The Bertz CT molecular complexity index is 822. The maximum absolute atomic E-state index is 12.0. The number of thiazole rings is 1. The summed E-state index contributed by atoms with van der Waals surface area (Å²) in [6, 6.07) is 16.4.